The summed E-state index contributed by atoms with van der Waals surface area (Å²) >= 11 is 7.86. The van der Waals surface area contributed by atoms with E-state index < -0.39 is 5.92 Å². The molecule has 4 rings (SSSR count). The molecule has 7 nitrogen and oxygen atoms in total. The van der Waals surface area contributed by atoms with Crippen LogP contribution in [0.25, 0.3) is 0 Å². The van der Waals surface area contributed by atoms with Gasteiger partial charge in [0, 0.05) is 28.0 Å². The number of thiazole rings is 1. The third-order valence-electron chi connectivity index (χ3n) is 5.51. The van der Waals surface area contributed by atoms with E-state index in [9.17, 15) is 9.59 Å². The Balaban J connectivity index is 1.45. The van der Waals surface area contributed by atoms with Crippen LogP contribution in [0, 0.1) is 0 Å². The Morgan fingerprint density at radius 1 is 1.23 bits per heavy atom. The fourth-order valence-electron chi connectivity index (χ4n) is 3.60. The van der Waals surface area contributed by atoms with Crippen molar-refractivity contribution in [1.82, 2.24) is 4.98 Å². The first-order valence-electron chi connectivity index (χ1n) is 11.3. The van der Waals surface area contributed by atoms with E-state index in [1.807, 2.05) is 5.38 Å². The van der Waals surface area contributed by atoms with Crippen LogP contribution in [-0.2, 0) is 14.9 Å². The van der Waals surface area contributed by atoms with Crippen molar-refractivity contribution in [2.75, 3.05) is 18.5 Å². The van der Waals surface area contributed by atoms with Crippen LogP contribution in [0.2, 0.25) is 5.02 Å². The van der Waals surface area contributed by atoms with Gasteiger partial charge in [0.1, 0.15) is 17.2 Å². The van der Waals surface area contributed by atoms with Gasteiger partial charge in [-0.05, 0) is 43.7 Å². The summed E-state index contributed by atoms with van der Waals surface area (Å²) in [5, 5.41) is 5.70. The minimum atomic E-state index is -0.416. The Hall–Kier alpha value is -3.10. The number of nitrogens with zero attached hydrogens (tertiary/aromatic N) is 1. The lowest BCUT2D eigenvalue weighted by atomic mass is 9.93. The highest BCUT2D eigenvalue weighted by atomic mass is 35.5. The summed E-state index contributed by atoms with van der Waals surface area (Å²) in [6.07, 6.45) is 0.532. The monoisotopic (exact) mass is 514 g/mol. The van der Waals surface area contributed by atoms with E-state index in [1.54, 1.807) is 43.3 Å². The fourth-order valence-corrected chi connectivity index (χ4v) is 4.74. The van der Waals surface area contributed by atoms with Crippen LogP contribution in [0.1, 0.15) is 61.6 Å². The van der Waals surface area contributed by atoms with Gasteiger partial charge in [0.15, 0.2) is 5.13 Å². The minimum absolute atomic E-state index is 0.0822. The number of esters is 1. The molecule has 1 atom stereocenters. The largest absolute Gasteiger partial charge is 0.493 e. The Kier molecular flexibility index (Phi) is 7.33. The second-order valence-electron chi connectivity index (χ2n) is 9.13. The molecule has 0 spiro atoms. The molecule has 184 valence electrons. The maximum absolute atomic E-state index is 12.6. The third kappa shape index (κ3) is 5.77. The minimum Gasteiger partial charge on any atom is -0.493 e. The maximum Gasteiger partial charge on any atom is 0.313 e. The van der Waals surface area contributed by atoms with E-state index >= 15 is 0 Å². The molecule has 35 heavy (non-hydrogen) atoms. The van der Waals surface area contributed by atoms with E-state index in [-0.39, 0.29) is 17.3 Å². The molecule has 2 heterocycles. The lowest BCUT2D eigenvalue weighted by molar-refractivity contribution is -0.145. The molecule has 0 saturated heterocycles. The van der Waals surface area contributed by atoms with Crippen LogP contribution >= 0.6 is 22.9 Å². The molecular formula is C26H27ClN2O5S. The van der Waals surface area contributed by atoms with Gasteiger partial charge in [-0.25, -0.2) is 4.98 Å². The first-order valence-corrected chi connectivity index (χ1v) is 12.6. The Bertz CT molecular complexity index is 1230. The zero-order valence-corrected chi connectivity index (χ0v) is 21.6. The molecule has 1 aliphatic heterocycles. The van der Waals surface area contributed by atoms with Gasteiger partial charge in [-0.3, -0.25) is 14.9 Å². The van der Waals surface area contributed by atoms with Crippen molar-refractivity contribution in [2.45, 2.75) is 45.4 Å². The number of hydrogen-bond donors (Lipinski definition) is 1. The number of fused-ring (bicyclic) bond motifs is 1. The molecule has 3 aromatic rings. The number of aromatic nitrogens is 1. The molecule has 1 amide bonds. The van der Waals surface area contributed by atoms with Crippen molar-refractivity contribution in [3.8, 4) is 17.2 Å². The fraction of sp³-hybridized carbons (Fsp3) is 0.346. The number of anilines is 1. The molecule has 0 aliphatic carbocycles. The summed E-state index contributed by atoms with van der Waals surface area (Å²) in [6, 6.07) is 10.1. The lowest BCUT2D eigenvalue weighted by Gasteiger charge is -2.25. The summed E-state index contributed by atoms with van der Waals surface area (Å²) in [5.74, 6) is 0.484. The zero-order valence-electron chi connectivity index (χ0n) is 20.0. The molecule has 9 heteroatoms. The average molecular weight is 515 g/mol. The predicted molar refractivity (Wildman–Crippen MR) is 136 cm³/mol. The summed E-state index contributed by atoms with van der Waals surface area (Å²) in [4.78, 5) is 29.4. The number of hydrogen-bond acceptors (Lipinski definition) is 7. The Morgan fingerprint density at radius 2 is 1.97 bits per heavy atom. The summed E-state index contributed by atoms with van der Waals surface area (Å²) in [7, 11) is 0. The highest BCUT2D eigenvalue weighted by Crippen LogP contribution is 2.42. The Morgan fingerprint density at radius 3 is 2.63 bits per heavy atom. The van der Waals surface area contributed by atoms with Gasteiger partial charge in [-0.2, -0.15) is 0 Å². The van der Waals surface area contributed by atoms with Crippen LogP contribution in [0.3, 0.4) is 0 Å². The highest BCUT2D eigenvalue weighted by Gasteiger charge is 2.30. The van der Waals surface area contributed by atoms with Gasteiger partial charge in [-0.1, -0.05) is 32.4 Å². The van der Waals surface area contributed by atoms with E-state index in [0.717, 1.165) is 5.69 Å². The van der Waals surface area contributed by atoms with E-state index in [2.05, 4.69) is 31.1 Å². The van der Waals surface area contributed by atoms with Gasteiger partial charge in [-0.15, -0.1) is 11.3 Å². The number of benzene rings is 2. The average Bonchev–Trinajstić information content (AvgIpc) is 3.29. The van der Waals surface area contributed by atoms with Gasteiger partial charge in [0.05, 0.1) is 29.8 Å². The molecule has 2 aromatic carbocycles. The molecule has 0 bridgehead atoms. The number of ether oxygens (including phenoxy) is 3. The number of carbonyl (C=O) groups excluding carboxylic acids is 2. The normalized spacial score (nSPS) is 15.1. The first-order chi connectivity index (χ1) is 16.7. The molecule has 0 saturated carbocycles. The van der Waals surface area contributed by atoms with Crippen LogP contribution in [0.15, 0.2) is 41.8 Å². The predicted octanol–water partition coefficient (Wildman–Crippen LogP) is 6.57. The zero-order chi connectivity index (χ0) is 25.2. The molecule has 1 unspecified atom stereocenters. The smallest absolute Gasteiger partial charge is 0.313 e. The van der Waals surface area contributed by atoms with Crippen molar-refractivity contribution in [2.24, 2.45) is 0 Å². The van der Waals surface area contributed by atoms with Gasteiger partial charge < -0.3 is 14.2 Å². The number of amides is 1. The molecule has 0 fully saturated rings. The topological polar surface area (TPSA) is 86.8 Å². The van der Waals surface area contributed by atoms with Crippen LogP contribution in [0.4, 0.5) is 5.13 Å². The molecule has 0 radical (unpaired) electrons. The SMILES string of the molecule is CCOC(=O)C1CCOc2cc(Oc3ccc(C(=O)Nc4nc(C(C)(C)C)cs4)cc3)c(Cl)cc21. The number of rotatable bonds is 6. The van der Waals surface area contributed by atoms with E-state index in [1.165, 1.54) is 11.3 Å². The highest BCUT2D eigenvalue weighted by molar-refractivity contribution is 7.14. The van der Waals surface area contributed by atoms with Crippen molar-refractivity contribution >= 4 is 39.9 Å². The lowest BCUT2D eigenvalue weighted by Crippen LogP contribution is -2.23. The maximum atomic E-state index is 12.6. The van der Waals surface area contributed by atoms with Crippen LogP contribution < -0.4 is 14.8 Å². The quantitative estimate of drug-likeness (QED) is 0.374. The second-order valence-corrected chi connectivity index (χ2v) is 10.4. The molecular weight excluding hydrogens is 488 g/mol. The number of nitrogens with one attached hydrogen (secondary N) is 1. The summed E-state index contributed by atoms with van der Waals surface area (Å²) in [6.45, 7) is 8.72. The second kappa shape index (κ2) is 10.3. The standard InChI is InChI=1S/C26H27ClN2O5S/c1-5-32-24(31)17-10-11-33-20-13-21(19(27)12-18(17)20)34-16-8-6-15(7-9-16)23(30)29-25-28-22(14-35-25)26(2,3)4/h6-9,12-14,17H,5,10-11H2,1-4H3,(H,28,29,30). The van der Waals surface area contributed by atoms with Crippen molar-refractivity contribution < 1.29 is 23.8 Å². The number of carbonyl (C=O) groups is 2. The van der Waals surface area contributed by atoms with E-state index in [4.69, 9.17) is 25.8 Å². The number of halogens is 1. The van der Waals surface area contributed by atoms with Crippen molar-refractivity contribution in [3.63, 3.8) is 0 Å². The van der Waals surface area contributed by atoms with Gasteiger partial charge in [0.2, 0.25) is 0 Å². The van der Waals surface area contributed by atoms with Crippen molar-refractivity contribution in [1.29, 1.82) is 0 Å². The van der Waals surface area contributed by atoms with Gasteiger partial charge in [0.25, 0.3) is 5.91 Å². The summed E-state index contributed by atoms with van der Waals surface area (Å²) in [5.41, 5.74) is 2.01. The molecule has 1 aliphatic rings. The van der Waals surface area contributed by atoms with Crippen molar-refractivity contribution in [3.05, 3.63) is 63.6 Å². The first kappa shape index (κ1) is 25.0. The van der Waals surface area contributed by atoms with Crippen LogP contribution in [-0.4, -0.2) is 30.1 Å². The molecule has 1 N–H and O–H groups in total. The summed E-state index contributed by atoms with van der Waals surface area (Å²) < 4.78 is 16.9. The molecule has 1 aromatic heterocycles. The third-order valence-corrected chi connectivity index (χ3v) is 6.57. The van der Waals surface area contributed by atoms with Gasteiger partial charge >= 0.3 is 5.97 Å². The van der Waals surface area contributed by atoms with Crippen LogP contribution in [0.5, 0.6) is 17.2 Å². The van der Waals surface area contributed by atoms with E-state index in [0.29, 0.717) is 58.2 Å². The Labute approximate surface area is 213 Å².